The molecule has 0 aliphatic carbocycles. The summed E-state index contributed by atoms with van der Waals surface area (Å²) in [4.78, 5) is 0.488. The van der Waals surface area contributed by atoms with Gasteiger partial charge < -0.3 is 5.73 Å². The highest BCUT2D eigenvalue weighted by Gasteiger charge is 1.93. The van der Waals surface area contributed by atoms with E-state index in [4.69, 9.17) is 30.2 Å². The van der Waals surface area contributed by atoms with Gasteiger partial charge in [0.05, 0.1) is 4.99 Å². The van der Waals surface area contributed by atoms with Gasteiger partial charge in [-0.1, -0.05) is 24.4 Å². The number of thiocarbonyl (C=S) groups is 1. The van der Waals surface area contributed by atoms with Gasteiger partial charge in [0.1, 0.15) is 4.64 Å². The average Bonchev–Trinajstić information content (AvgIpc) is 2.03. The standard InChI is InChI=1S/C7H9N3S2/c8-6(11)3-5-10-7(12)2-1-4-9-10/h1-2,4H,3,5H2,(H2,8,11). The zero-order valence-corrected chi connectivity index (χ0v) is 8.07. The van der Waals surface area contributed by atoms with Crippen LogP contribution in [0.2, 0.25) is 0 Å². The maximum atomic E-state index is 5.35. The van der Waals surface area contributed by atoms with Crippen LogP contribution in [-0.4, -0.2) is 14.8 Å². The highest BCUT2D eigenvalue weighted by molar-refractivity contribution is 7.80. The van der Waals surface area contributed by atoms with Crippen molar-refractivity contribution in [3.63, 3.8) is 0 Å². The summed E-state index contributed by atoms with van der Waals surface area (Å²) in [6, 6.07) is 3.63. The molecule has 0 fully saturated rings. The second-order valence-corrected chi connectivity index (χ2v) is 3.24. The topological polar surface area (TPSA) is 43.8 Å². The van der Waals surface area contributed by atoms with E-state index in [1.165, 1.54) is 0 Å². The number of hydrogen-bond acceptors (Lipinski definition) is 3. The largest absolute Gasteiger partial charge is 0.393 e. The molecule has 0 amide bonds. The van der Waals surface area contributed by atoms with Crippen molar-refractivity contribution in [1.29, 1.82) is 0 Å². The fourth-order valence-electron chi connectivity index (χ4n) is 0.771. The van der Waals surface area contributed by atoms with E-state index in [1.54, 1.807) is 16.9 Å². The van der Waals surface area contributed by atoms with Gasteiger partial charge in [-0.3, -0.25) is 4.68 Å². The lowest BCUT2D eigenvalue weighted by Crippen LogP contribution is -2.13. The SMILES string of the molecule is NC(=S)CCn1ncccc1=S. The van der Waals surface area contributed by atoms with Gasteiger partial charge in [-0.15, -0.1) is 0 Å². The molecule has 5 heteroatoms. The van der Waals surface area contributed by atoms with Gasteiger partial charge in [-0.05, 0) is 12.1 Å². The molecule has 0 radical (unpaired) electrons. The van der Waals surface area contributed by atoms with Crippen LogP contribution in [0.4, 0.5) is 0 Å². The Morgan fingerprint density at radius 1 is 1.67 bits per heavy atom. The normalized spacial score (nSPS) is 9.67. The minimum Gasteiger partial charge on any atom is -0.393 e. The molecule has 0 aliphatic rings. The summed E-state index contributed by atoms with van der Waals surface area (Å²) in [7, 11) is 0. The predicted molar refractivity (Wildman–Crippen MR) is 54.5 cm³/mol. The summed E-state index contributed by atoms with van der Waals surface area (Å²) in [6.07, 6.45) is 2.33. The highest BCUT2D eigenvalue weighted by Crippen LogP contribution is 1.92. The molecule has 0 bridgehead atoms. The summed E-state index contributed by atoms with van der Waals surface area (Å²) < 4.78 is 2.41. The van der Waals surface area contributed by atoms with Crippen LogP contribution < -0.4 is 5.73 Å². The molecule has 3 nitrogen and oxygen atoms in total. The molecular formula is C7H9N3S2. The Bertz CT molecular complexity index is 331. The Balaban J connectivity index is 2.70. The van der Waals surface area contributed by atoms with Gasteiger partial charge in [0.25, 0.3) is 0 Å². The van der Waals surface area contributed by atoms with Gasteiger partial charge in [-0.2, -0.15) is 5.10 Å². The fourth-order valence-corrected chi connectivity index (χ4v) is 1.08. The molecule has 2 N–H and O–H groups in total. The third-order valence-electron chi connectivity index (χ3n) is 1.36. The minimum absolute atomic E-state index is 0.488. The van der Waals surface area contributed by atoms with E-state index in [9.17, 15) is 0 Å². The minimum atomic E-state index is 0.488. The van der Waals surface area contributed by atoms with Crippen LogP contribution in [0.1, 0.15) is 6.42 Å². The van der Waals surface area contributed by atoms with Crippen molar-refractivity contribution >= 4 is 29.4 Å². The zero-order valence-electron chi connectivity index (χ0n) is 6.43. The van der Waals surface area contributed by atoms with Gasteiger partial charge in [0, 0.05) is 19.2 Å². The van der Waals surface area contributed by atoms with E-state index >= 15 is 0 Å². The van der Waals surface area contributed by atoms with Gasteiger partial charge in [-0.25, -0.2) is 0 Å². The van der Waals surface area contributed by atoms with Crippen molar-refractivity contribution in [3.8, 4) is 0 Å². The molecule has 0 saturated carbocycles. The Hall–Kier alpha value is -0.810. The lowest BCUT2D eigenvalue weighted by Gasteiger charge is -2.02. The van der Waals surface area contributed by atoms with Crippen LogP contribution in [0.25, 0.3) is 0 Å². The molecule has 0 aliphatic heterocycles. The summed E-state index contributed by atoms with van der Waals surface area (Å²) in [6.45, 7) is 0.662. The van der Waals surface area contributed by atoms with E-state index in [-0.39, 0.29) is 0 Å². The average molecular weight is 199 g/mol. The Morgan fingerprint density at radius 3 is 3.00 bits per heavy atom. The van der Waals surface area contributed by atoms with Crippen molar-refractivity contribution < 1.29 is 0 Å². The van der Waals surface area contributed by atoms with Crippen molar-refractivity contribution in [2.45, 2.75) is 13.0 Å². The lowest BCUT2D eigenvalue weighted by atomic mass is 10.4. The monoisotopic (exact) mass is 199 g/mol. The Labute approximate surface area is 81.2 Å². The van der Waals surface area contributed by atoms with Crippen LogP contribution >= 0.6 is 24.4 Å². The summed E-state index contributed by atoms with van der Waals surface area (Å²) in [5.41, 5.74) is 5.35. The Kier molecular flexibility index (Phi) is 3.31. The lowest BCUT2D eigenvalue weighted by molar-refractivity contribution is 0.608. The highest BCUT2D eigenvalue weighted by atomic mass is 32.1. The summed E-state index contributed by atoms with van der Waals surface area (Å²) >= 11 is 9.76. The first-order chi connectivity index (χ1) is 5.70. The molecule has 1 aromatic rings. The van der Waals surface area contributed by atoms with Crippen molar-refractivity contribution in [2.24, 2.45) is 5.73 Å². The number of rotatable bonds is 3. The third kappa shape index (κ3) is 2.67. The molecule has 64 valence electrons. The van der Waals surface area contributed by atoms with E-state index < -0.39 is 0 Å². The summed E-state index contributed by atoms with van der Waals surface area (Å²) in [5, 5.41) is 4.05. The van der Waals surface area contributed by atoms with Crippen molar-refractivity contribution in [1.82, 2.24) is 9.78 Å². The van der Waals surface area contributed by atoms with E-state index in [0.29, 0.717) is 22.6 Å². The third-order valence-corrected chi connectivity index (χ3v) is 1.91. The number of aromatic nitrogens is 2. The quantitative estimate of drug-likeness (QED) is 0.745. The molecule has 0 aromatic carbocycles. The maximum absolute atomic E-state index is 5.35. The maximum Gasteiger partial charge on any atom is 0.122 e. The van der Waals surface area contributed by atoms with E-state index in [0.717, 1.165) is 0 Å². The fraction of sp³-hybridized carbons (Fsp3) is 0.286. The zero-order chi connectivity index (χ0) is 8.97. The number of aryl methyl sites for hydroxylation is 1. The Morgan fingerprint density at radius 2 is 2.42 bits per heavy atom. The van der Waals surface area contributed by atoms with Crippen LogP contribution in [0.3, 0.4) is 0 Å². The van der Waals surface area contributed by atoms with E-state index in [1.807, 2.05) is 6.07 Å². The molecule has 0 spiro atoms. The molecule has 1 aromatic heterocycles. The smallest absolute Gasteiger partial charge is 0.122 e. The van der Waals surface area contributed by atoms with Crippen LogP contribution in [0, 0.1) is 4.64 Å². The second-order valence-electron chi connectivity index (χ2n) is 2.30. The van der Waals surface area contributed by atoms with Crippen molar-refractivity contribution in [2.75, 3.05) is 0 Å². The van der Waals surface area contributed by atoms with Crippen molar-refractivity contribution in [3.05, 3.63) is 23.0 Å². The molecular weight excluding hydrogens is 190 g/mol. The molecule has 12 heavy (non-hydrogen) atoms. The van der Waals surface area contributed by atoms with Crippen LogP contribution in [-0.2, 0) is 6.54 Å². The number of nitrogens with zero attached hydrogens (tertiary/aromatic N) is 2. The van der Waals surface area contributed by atoms with Gasteiger partial charge in [0.2, 0.25) is 0 Å². The number of nitrogens with two attached hydrogens (primary N) is 1. The molecule has 0 atom stereocenters. The van der Waals surface area contributed by atoms with Gasteiger partial charge >= 0.3 is 0 Å². The molecule has 0 saturated heterocycles. The second kappa shape index (κ2) is 4.27. The number of hydrogen-bond donors (Lipinski definition) is 1. The van der Waals surface area contributed by atoms with Crippen LogP contribution in [0.15, 0.2) is 18.3 Å². The predicted octanol–water partition coefficient (Wildman–Crippen LogP) is 1.29. The first-order valence-electron chi connectivity index (χ1n) is 3.50. The van der Waals surface area contributed by atoms with Gasteiger partial charge in [0.15, 0.2) is 0 Å². The first-order valence-corrected chi connectivity index (χ1v) is 4.32. The molecule has 1 heterocycles. The van der Waals surface area contributed by atoms with Crippen LogP contribution in [0.5, 0.6) is 0 Å². The summed E-state index contributed by atoms with van der Waals surface area (Å²) in [5.74, 6) is 0. The van der Waals surface area contributed by atoms with E-state index in [2.05, 4.69) is 5.10 Å². The first kappa shape index (κ1) is 9.28. The molecule has 0 unspecified atom stereocenters. The molecule has 1 rings (SSSR count).